The molecule has 0 radical (unpaired) electrons. The second-order valence-corrected chi connectivity index (χ2v) is 4.58. The third-order valence-electron chi connectivity index (χ3n) is 3.70. The van der Waals surface area contributed by atoms with Crippen LogP contribution in [0.3, 0.4) is 0 Å². The van der Waals surface area contributed by atoms with Crippen LogP contribution in [-0.4, -0.2) is 36.9 Å². The van der Waals surface area contributed by atoms with Crippen LogP contribution in [0.1, 0.15) is 39.5 Å². The molecular weight excluding hydrogens is 206 g/mol. The van der Waals surface area contributed by atoms with Gasteiger partial charge in [-0.2, -0.15) is 0 Å². The van der Waals surface area contributed by atoms with Crippen molar-refractivity contribution in [2.24, 2.45) is 5.41 Å². The van der Waals surface area contributed by atoms with Crippen molar-refractivity contribution in [3.05, 3.63) is 0 Å². The molecule has 0 aromatic carbocycles. The number of carbonyl (C=O) groups excluding carboxylic acids is 1. The smallest absolute Gasteiger partial charge is 0.249 e. The highest BCUT2D eigenvalue weighted by atomic mass is 16.5. The van der Waals surface area contributed by atoms with Gasteiger partial charge in [0.2, 0.25) is 5.91 Å². The summed E-state index contributed by atoms with van der Waals surface area (Å²) in [5.74, 6) is -0.0303. The highest BCUT2D eigenvalue weighted by Gasteiger charge is 2.29. The van der Waals surface area contributed by atoms with E-state index in [9.17, 15) is 9.90 Å². The molecule has 94 valence electrons. The van der Waals surface area contributed by atoms with Gasteiger partial charge >= 0.3 is 0 Å². The Morgan fingerprint density at radius 2 is 2.19 bits per heavy atom. The monoisotopic (exact) mass is 229 g/mol. The van der Waals surface area contributed by atoms with Crippen LogP contribution in [0, 0.1) is 5.41 Å². The first-order valence-electron chi connectivity index (χ1n) is 6.17. The quantitative estimate of drug-likeness (QED) is 0.716. The SMILES string of the molecule is CCC(CC)(CO)CNC(=O)[C@H]1CCCO1. The molecule has 16 heavy (non-hydrogen) atoms. The number of rotatable bonds is 6. The highest BCUT2D eigenvalue weighted by molar-refractivity contribution is 5.80. The molecule has 0 aromatic rings. The minimum atomic E-state index is -0.273. The fourth-order valence-electron chi connectivity index (χ4n) is 1.95. The third kappa shape index (κ3) is 3.19. The summed E-state index contributed by atoms with van der Waals surface area (Å²) in [7, 11) is 0. The van der Waals surface area contributed by atoms with Crippen LogP contribution < -0.4 is 5.32 Å². The molecule has 1 heterocycles. The molecule has 0 bridgehead atoms. The van der Waals surface area contributed by atoms with Crippen molar-refractivity contribution in [1.82, 2.24) is 5.32 Å². The van der Waals surface area contributed by atoms with E-state index in [4.69, 9.17) is 4.74 Å². The predicted octanol–water partition coefficient (Wildman–Crippen LogP) is 1.08. The fraction of sp³-hybridized carbons (Fsp3) is 0.917. The lowest BCUT2D eigenvalue weighted by atomic mass is 9.83. The molecule has 1 aliphatic rings. The van der Waals surface area contributed by atoms with Crippen molar-refractivity contribution in [2.75, 3.05) is 19.8 Å². The largest absolute Gasteiger partial charge is 0.396 e. The molecule has 0 unspecified atom stereocenters. The van der Waals surface area contributed by atoms with Gasteiger partial charge < -0.3 is 15.2 Å². The number of hydrogen-bond donors (Lipinski definition) is 2. The molecule has 1 fully saturated rings. The van der Waals surface area contributed by atoms with Gasteiger partial charge in [0.15, 0.2) is 0 Å². The lowest BCUT2D eigenvalue weighted by molar-refractivity contribution is -0.130. The molecular formula is C12H23NO3. The first-order valence-corrected chi connectivity index (χ1v) is 6.17. The maximum Gasteiger partial charge on any atom is 0.249 e. The fourth-order valence-corrected chi connectivity index (χ4v) is 1.95. The van der Waals surface area contributed by atoms with E-state index in [1.54, 1.807) is 0 Å². The molecule has 1 saturated heterocycles. The van der Waals surface area contributed by atoms with E-state index in [2.05, 4.69) is 5.32 Å². The van der Waals surface area contributed by atoms with Gasteiger partial charge in [-0.05, 0) is 25.7 Å². The average molecular weight is 229 g/mol. The number of hydrogen-bond acceptors (Lipinski definition) is 3. The lowest BCUT2D eigenvalue weighted by Gasteiger charge is -2.29. The van der Waals surface area contributed by atoms with Crippen LogP contribution in [0.15, 0.2) is 0 Å². The zero-order valence-corrected chi connectivity index (χ0v) is 10.3. The van der Waals surface area contributed by atoms with Crippen molar-refractivity contribution in [2.45, 2.75) is 45.6 Å². The molecule has 4 heteroatoms. The number of nitrogens with one attached hydrogen (secondary N) is 1. The van der Waals surface area contributed by atoms with Crippen molar-refractivity contribution < 1.29 is 14.6 Å². The summed E-state index contributed by atoms with van der Waals surface area (Å²) in [5.41, 5.74) is -0.172. The van der Waals surface area contributed by atoms with Gasteiger partial charge in [-0.25, -0.2) is 0 Å². The van der Waals surface area contributed by atoms with E-state index in [0.717, 1.165) is 25.7 Å². The van der Waals surface area contributed by atoms with Crippen molar-refractivity contribution in [3.8, 4) is 0 Å². The van der Waals surface area contributed by atoms with E-state index in [1.807, 2.05) is 13.8 Å². The number of aliphatic hydroxyl groups excluding tert-OH is 1. The summed E-state index contributed by atoms with van der Waals surface area (Å²) < 4.78 is 5.31. The molecule has 1 aliphatic heterocycles. The van der Waals surface area contributed by atoms with Crippen LogP contribution in [0.4, 0.5) is 0 Å². The molecule has 2 N–H and O–H groups in total. The second-order valence-electron chi connectivity index (χ2n) is 4.58. The van der Waals surface area contributed by atoms with E-state index in [-0.39, 0.29) is 24.0 Å². The maximum atomic E-state index is 11.7. The molecule has 0 spiro atoms. The topological polar surface area (TPSA) is 58.6 Å². The second kappa shape index (κ2) is 6.21. The Balaban J connectivity index is 2.39. The molecule has 1 atom stereocenters. The summed E-state index contributed by atoms with van der Waals surface area (Å²) in [5, 5.41) is 12.3. The van der Waals surface area contributed by atoms with Crippen LogP contribution in [0.5, 0.6) is 0 Å². The van der Waals surface area contributed by atoms with Gasteiger partial charge in [-0.3, -0.25) is 4.79 Å². The summed E-state index contributed by atoms with van der Waals surface area (Å²) in [6.45, 7) is 5.42. The Hall–Kier alpha value is -0.610. The molecule has 4 nitrogen and oxygen atoms in total. The maximum absolute atomic E-state index is 11.7. The highest BCUT2D eigenvalue weighted by Crippen LogP contribution is 2.24. The minimum Gasteiger partial charge on any atom is -0.396 e. The van der Waals surface area contributed by atoms with Gasteiger partial charge in [-0.1, -0.05) is 13.8 Å². The first kappa shape index (κ1) is 13.5. The average Bonchev–Trinajstić information content (AvgIpc) is 2.85. The summed E-state index contributed by atoms with van der Waals surface area (Å²) in [6.07, 6.45) is 3.24. The van der Waals surface area contributed by atoms with Crippen LogP contribution >= 0.6 is 0 Å². The Morgan fingerprint density at radius 1 is 1.50 bits per heavy atom. The third-order valence-corrected chi connectivity index (χ3v) is 3.70. The van der Waals surface area contributed by atoms with Crippen molar-refractivity contribution >= 4 is 5.91 Å². The van der Waals surface area contributed by atoms with E-state index >= 15 is 0 Å². The van der Waals surface area contributed by atoms with Gasteiger partial charge in [0.25, 0.3) is 0 Å². The lowest BCUT2D eigenvalue weighted by Crippen LogP contribution is -2.43. The Bertz CT molecular complexity index is 212. The number of carbonyl (C=O) groups is 1. The minimum absolute atomic E-state index is 0.0303. The van der Waals surface area contributed by atoms with E-state index < -0.39 is 0 Å². The van der Waals surface area contributed by atoms with Gasteiger partial charge in [0, 0.05) is 18.6 Å². The van der Waals surface area contributed by atoms with E-state index in [0.29, 0.717) is 13.2 Å². The van der Waals surface area contributed by atoms with Gasteiger partial charge in [-0.15, -0.1) is 0 Å². The Kier molecular flexibility index (Phi) is 5.22. The Labute approximate surface area is 97.4 Å². The van der Waals surface area contributed by atoms with E-state index in [1.165, 1.54) is 0 Å². The van der Waals surface area contributed by atoms with Crippen LogP contribution in [0.2, 0.25) is 0 Å². The standard InChI is InChI=1S/C12H23NO3/c1-3-12(4-2,9-14)8-13-11(15)10-6-5-7-16-10/h10,14H,3-9H2,1-2H3,(H,13,15)/t10-/m1/s1. The molecule has 0 aliphatic carbocycles. The van der Waals surface area contributed by atoms with Gasteiger partial charge in [0.1, 0.15) is 6.10 Å². The zero-order chi connectivity index (χ0) is 12.0. The first-order chi connectivity index (χ1) is 7.67. The normalized spacial score (nSPS) is 21.1. The number of aliphatic hydroxyl groups is 1. The molecule has 0 saturated carbocycles. The zero-order valence-electron chi connectivity index (χ0n) is 10.3. The van der Waals surface area contributed by atoms with Crippen molar-refractivity contribution in [3.63, 3.8) is 0 Å². The van der Waals surface area contributed by atoms with Crippen LogP contribution in [-0.2, 0) is 9.53 Å². The summed E-state index contributed by atoms with van der Waals surface area (Å²) in [6, 6.07) is 0. The van der Waals surface area contributed by atoms with Crippen molar-refractivity contribution in [1.29, 1.82) is 0 Å². The Morgan fingerprint density at radius 3 is 2.62 bits per heavy atom. The summed E-state index contributed by atoms with van der Waals surface area (Å²) in [4.78, 5) is 11.7. The molecule has 1 amide bonds. The number of ether oxygens (including phenoxy) is 1. The van der Waals surface area contributed by atoms with Crippen LogP contribution in [0.25, 0.3) is 0 Å². The summed E-state index contributed by atoms with van der Waals surface area (Å²) >= 11 is 0. The number of amides is 1. The van der Waals surface area contributed by atoms with Gasteiger partial charge in [0.05, 0.1) is 6.61 Å². The predicted molar refractivity (Wildman–Crippen MR) is 62.1 cm³/mol. The molecule has 1 rings (SSSR count). The molecule has 0 aromatic heterocycles.